The zero-order valence-electron chi connectivity index (χ0n) is 8.11. The van der Waals surface area contributed by atoms with Crippen LogP contribution >= 0.6 is 11.8 Å². The van der Waals surface area contributed by atoms with Gasteiger partial charge in [-0.05, 0) is 18.4 Å². The minimum absolute atomic E-state index is 0.375. The minimum Gasteiger partial charge on any atom is -0.463 e. The highest BCUT2D eigenvalue weighted by atomic mass is 32.2. The Labute approximate surface area is 89.8 Å². The number of thioether (sulfide) groups is 1. The first-order valence-electron chi connectivity index (χ1n) is 3.93. The van der Waals surface area contributed by atoms with Gasteiger partial charge in [0.05, 0.1) is 17.7 Å². The van der Waals surface area contributed by atoms with Gasteiger partial charge in [0.1, 0.15) is 0 Å². The van der Waals surface area contributed by atoms with E-state index in [9.17, 15) is 14.0 Å². The van der Waals surface area contributed by atoms with Crippen LogP contribution < -0.4 is 0 Å². The molecule has 0 atom stereocenters. The van der Waals surface area contributed by atoms with E-state index in [2.05, 4.69) is 9.72 Å². The molecule has 0 N–H and O–H groups in total. The number of ether oxygens (including phenoxy) is 1. The summed E-state index contributed by atoms with van der Waals surface area (Å²) >= 11 is 1.24. The second kappa shape index (κ2) is 4.88. The van der Waals surface area contributed by atoms with Crippen LogP contribution in [0.1, 0.15) is 10.4 Å². The number of carbonyl (C=O) groups is 2. The maximum atomic E-state index is 13.2. The highest BCUT2D eigenvalue weighted by Crippen LogP contribution is 2.14. The molecule has 15 heavy (non-hydrogen) atoms. The van der Waals surface area contributed by atoms with Crippen LogP contribution in [0.5, 0.6) is 0 Å². The molecular weight excluding hydrogens is 221 g/mol. The molecule has 4 nitrogen and oxygen atoms in total. The molecule has 0 radical (unpaired) electrons. The lowest BCUT2D eigenvalue weighted by atomic mass is 10.2. The lowest BCUT2D eigenvalue weighted by Crippen LogP contribution is -2.17. The van der Waals surface area contributed by atoms with E-state index >= 15 is 0 Å². The predicted octanol–water partition coefficient (Wildman–Crippen LogP) is 1.30. The van der Waals surface area contributed by atoms with Crippen molar-refractivity contribution in [3.63, 3.8) is 0 Å². The summed E-state index contributed by atoms with van der Waals surface area (Å²) in [5.74, 6) is -3.10. The van der Waals surface area contributed by atoms with E-state index in [0.717, 1.165) is 7.11 Å². The fourth-order valence-electron chi connectivity index (χ4n) is 0.903. The molecule has 0 aliphatic heterocycles. The number of aromatic nitrogens is 1. The number of methoxy groups -OCH3 is 1. The molecule has 0 aliphatic rings. The van der Waals surface area contributed by atoms with Crippen molar-refractivity contribution in [2.24, 2.45) is 0 Å². The normalized spacial score (nSPS) is 9.80. The molecule has 0 aliphatic carbocycles. The van der Waals surface area contributed by atoms with Gasteiger partial charge in [-0.3, -0.25) is 4.79 Å². The molecule has 0 saturated heterocycles. The first-order valence-corrected chi connectivity index (χ1v) is 5.15. The number of pyridine rings is 1. The summed E-state index contributed by atoms with van der Waals surface area (Å²) in [5, 5.41) is 0.439. The summed E-state index contributed by atoms with van der Waals surface area (Å²) in [6, 6.07) is 2.68. The molecule has 0 saturated carbocycles. The third-order valence-electron chi connectivity index (χ3n) is 1.65. The Bertz CT molecular complexity index is 408. The molecule has 0 fully saturated rings. The zero-order valence-corrected chi connectivity index (χ0v) is 8.93. The molecule has 0 aromatic carbocycles. The van der Waals surface area contributed by atoms with Crippen molar-refractivity contribution in [1.29, 1.82) is 0 Å². The summed E-state index contributed by atoms with van der Waals surface area (Å²) in [7, 11) is 1.06. The van der Waals surface area contributed by atoms with E-state index < -0.39 is 17.7 Å². The number of rotatable bonds is 3. The second-order valence-electron chi connectivity index (χ2n) is 2.51. The molecule has 80 valence electrons. The van der Waals surface area contributed by atoms with Gasteiger partial charge in [-0.25, -0.2) is 9.78 Å². The van der Waals surface area contributed by atoms with Gasteiger partial charge in [0, 0.05) is 0 Å². The summed E-state index contributed by atoms with van der Waals surface area (Å²) in [5.41, 5.74) is -0.375. The van der Waals surface area contributed by atoms with Gasteiger partial charge in [0.25, 0.3) is 5.78 Å². The van der Waals surface area contributed by atoms with E-state index in [4.69, 9.17) is 0 Å². The highest BCUT2D eigenvalue weighted by Gasteiger charge is 2.21. The van der Waals surface area contributed by atoms with Crippen molar-refractivity contribution in [2.45, 2.75) is 5.03 Å². The second-order valence-corrected chi connectivity index (χ2v) is 3.34. The van der Waals surface area contributed by atoms with Crippen LogP contribution in [0.15, 0.2) is 17.2 Å². The van der Waals surface area contributed by atoms with Gasteiger partial charge >= 0.3 is 5.97 Å². The Morgan fingerprint density at radius 3 is 2.60 bits per heavy atom. The van der Waals surface area contributed by atoms with Crippen molar-refractivity contribution < 1.29 is 18.7 Å². The average Bonchev–Trinajstić information content (AvgIpc) is 2.26. The number of hydrogen-bond donors (Lipinski definition) is 0. The molecule has 0 spiro atoms. The van der Waals surface area contributed by atoms with E-state index in [1.165, 1.54) is 23.9 Å². The summed E-state index contributed by atoms with van der Waals surface area (Å²) in [6.45, 7) is 0. The van der Waals surface area contributed by atoms with Gasteiger partial charge in [-0.15, -0.1) is 11.8 Å². The Balaban J connectivity index is 3.06. The molecule has 1 heterocycles. The van der Waals surface area contributed by atoms with Crippen molar-refractivity contribution in [3.8, 4) is 0 Å². The van der Waals surface area contributed by atoms with Crippen LogP contribution in [-0.2, 0) is 9.53 Å². The average molecular weight is 229 g/mol. The smallest absolute Gasteiger partial charge is 0.379 e. The van der Waals surface area contributed by atoms with Crippen molar-refractivity contribution in [2.75, 3.05) is 13.4 Å². The van der Waals surface area contributed by atoms with Crippen LogP contribution in [0.2, 0.25) is 0 Å². The fourth-order valence-corrected chi connectivity index (χ4v) is 1.28. The van der Waals surface area contributed by atoms with Crippen molar-refractivity contribution in [1.82, 2.24) is 4.98 Å². The van der Waals surface area contributed by atoms with E-state index in [-0.39, 0.29) is 5.56 Å². The largest absolute Gasteiger partial charge is 0.463 e. The first kappa shape index (κ1) is 11.6. The van der Waals surface area contributed by atoms with Crippen LogP contribution in [0.4, 0.5) is 4.39 Å². The molecule has 1 rings (SSSR count). The molecule has 0 unspecified atom stereocenters. The van der Waals surface area contributed by atoms with Crippen LogP contribution in [0.3, 0.4) is 0 Å². The molecular formula is C9H8FNO3S. The zero-order chi connectivity index (χ0) is 11.4. The lowest BCUT2D eigenvalue weighted by Gasteiger charge is -2.01. The molecule has 1 aromatic rings. The van der Waals surface area contributed by atoms with Crippen molar-refractivity contribution >= 4 is 23.5 Å². The summed E-state index contributed by atoms with van der Waals surface area (Å²) in [4.78, 5) is 25.6. The maximum absolute atomic E-state index is 13.2. The number of esters is 1. The lowest BCUT2D eigenvalue weighted by molar-refractivity contribution is -0.135. The molecule has 0 amide bonds. The van der Waals surface area contributed by atoms with Gasteiger partial charge in [0.2, 0.25) is 5.95 Å². The number of halogens is 1. The molecule has 6 heteroatoms. The SMILES string of the molecule is COC(=O)C(=O)c1ccc(SC)nc1F. The Morgan fingerprint density at radius 1 is 1.47 bits per heavy atom. The van der Waals surface area contributed by atoms with Gasteiger partial charge in [0.15, 0.2) is 0 Å². The highest BCUT2D eigenvalue weighted by molar-refractivity contribution is 7.98. The predicted molar refractivity (Wildman–Crippen MR) is 52.3 cm³/mol. The number of ketones is 1. The number of Topliss-reactive ketones (excluding diaryl/α,β-unsaturated/α-hetero) is 1. The maximum Gasteiger partial charge on any atom is 0.379 e. The van der Waals surface area contributed by atoms with Gasteiger partial charge in [-0.1, -0.05) is 0 Å². The Hall–Kier alpha value is -1.43. The van der Waals surface area contributed by atoms with Crippen molar-refractivity contribution in [3.05, 3.63) is 23.6 Å². The number of carbonyl (C=O) groups excluding carboxylic acids is 2. The molecule has 1 aromatic heterocycles. The standard InChI is InChI=1S/C9H8FNO3S/c1-14-9(13)7(12)5-3-4-6(15-2)11-8(5)10/h3-4H,1-2H3. The summed E-state index contributed by atoms with van der Waals surface area (Å²) in [6.07, 6.45) is 1.73. The van der Waals surface area contributed by atoms with Gasteiger partial charge in [-0.2, -0.15) is 4.39 Å². The third kappa shape index (κ3) is 2.53. The van der Waals surface area contributed by atoms with Crippen LogP contribution in [-0.4, -0.2) is 30.1 Å². The Morgan fingerprint density at radius 2 is 2.13 bits per heavy atom. The van der Waals surface area contributed by atoms with E-state index in [0.29, 0.717) is 5.03 Å². The minimum atomic E-state index is -1.10. The number of hydrogen-bond acceptors (Lipinski definition) is 5. The fraction of sp³-hybridized carbons (Fsp3) is 0.222. The quantitative estimate of drug-likeness (QED) is 0.257. The topological polar surface area (TPSA) is 56.3 Å². The first-order chi connectivity index (χ1) is 7.10. The summed E-state index contributed by atoms with van der Waals surface area (Å²) < 4.78 is 17.4. The van der Waals surface area contributed by atoms with Gasteiger partial charge < -0.3 is 4.74 Å². The van der Waals surface area contributed by atoms with E-state index in [1.54, 1.807) is 6.26 Å². The van der Waals surface area contributed by atoms with E-state index in [1.807, 2.05) is 0 Å². The number of nitrogens with zero attached hydrogens (tertiary/aromatic N) is 1. The molecule has 0 bridgehead atoms. The Kier molecular flexibility index (Phi) is 3.79. The monoisotopic (exact) mass is 229 g/mol. The third-order valence-corrected chi connectivity index (χ3v) is 2.29. The van der Waals surface area contributed by atoms with Crippen LogP contribution in [0, 0.1) is 5.95 Å². The van der Waals surface area contributed by atoms with Crippen LogP contribution in [0.25, 0.3) is 0 Å².